The second-order valence-corrected chi connectivity index (χ2v) is 5.63. The maximum absolute atomic E-state index is 12.4. The first-order chi connectivity index (χ1) is 11.8. The SMILES string of the molecule is CCOC(=O)c1cc(Cl)cc(-n2c(N)c3c(cc2=O)C(=O)NC3=O)c1. The van der Waals surface area contributed by atoms with E-state index in [1.807, 2.05) is 0 Å². The molecule has 2 aromatic rings. The van der Waals surface area contributed by atoms with Crippen LogP contribution in [0.1, 0.15) is 38.0 Å². The van der Waals surface area contributed by atoms with Crippen molar-refractivity contribution in [2.75, 3.05) is 12.3 Å². The molecule has 8 nitrogen and oxygen atoms in total. The van der Waals surface area contributed by atoms with Gasteiger partial charge in [0.15, 0.2) is 0 Å². The largest absolute Gasteiger partial charge is 0.462 e. The molecule has 2 amide bonds. The molecule has 0 unspecified atom stereocenters. The minimum Gasteiger partial charge on any atom is -0.462 e. The molecule has 1 aromatic carbocycles. The minimum absolute atomic E-state index is 0.0867. The van der Waals surface area contributed by atoms with Gasteiger partial charge >= 0.3 is 5.97 Å². The highest BCUT2D eigenvalue weighted by Crippen LogP contribution is 2.25. The van der Waals surface area contributed by atoms with E-state index in [1.54, 1.807) is 6.92 Å². The lowest BCUT2D eigenvalue weighted by Gasteiger charge is -2.13. The maximum atomic E-state index is 12.4. The third kappa shape index (κ3) is 2.76. The zero-order chi connectivity index (χ0) is 18.3. The molecular weight excluding hydrogens is 350 g/mol. The number of halogens is 1. The molecule has 1 aliphatic heterocycles. The Hall–Kier alpha value is -3.13. The number of imide groups is 1. The van der Waals surface area contributed by atoms with Crippen molar-refractivity contribution in [1.29, 1.82) is 0 Å². The van der Waals surface area contributed by atoms with Gasteiger partial charge in [0.2, 0.25) is 0 Å². The fraction of sp³-hybridized carbons (Fsp3) is 0.125. The van der Waals surface area contributed by atoms with Crippen molar-refractivity contribution in [3.63, 3.8) is 0 Å². The molecule has 9 heteroatoms. The third-order valence-electron chi connectivity index (χ3n) is 3.61. The van der Waals surface area contributed by atoms with Crippen LogP contribution in [-0.4, -0.2) is 29.0 Å². The van der Waals surface area contributed by atoms with Crippen LogP contribution in [0.15, 0.2) is 29.1 Å². The Bertz CT molecular complexity index is 996. The number of nitrogens with one attached hydrogen (secondary N) is 1. The second kappa shape index (κ2) is 6.06. The van der Waals surface area contributed by atoms with Gasteiger partial charge in [-0.3, -0.25) is 24.3 Å². The van der Waals surface area contributed by atoms with Gasteiger partial charge < -0.3 is 10.5 Å². The number of hydrogen-bond acceptors (Lipinski definition) is 6. The van der Waals surface area contributed by atoms with E-state index in [1.165, 1.54) is 18.2 Å². The van der Waals surface area contributed by atoms with Crippen molar-refractivity contribution in [2.24, 2.45) is 0 Å². The van der Waals surface area contributed by atoms with Gasteiger partial charge in [0.05, 0.1) is 29.0 Å². The molecule has 0 fully saturated rings. The van der Waals surface area contributed by atoms with Gasteiger partial charge in [0.1, 0.15) is 5.82 Å². The van der Waals surface area contributed by atoms with Crippen LogP contribution in [0.3, 0.4) is 0 Å². The minimum atomic E-state index is -0.695. The van der Waals surface area contributed by atoms with Crippen molar-refractivity contribution in [3.8, 4) is 5.69 Å². The molecule has 0 spiro atoms. The maximum Gasteiger partial charge on any atom is 0.338 e. The standard InChI is InChI=1S/C16H12ClN3O5/c1-2-25-16(24)7-3-8(17)5-9(4-7)20-11(21)6-10-12(13(20)18)15(23)19-14(10)22/h3-6H,2,18H2,1H3,(H,19,22,23). The first kappa shape index (κ1) is 16.7. The van der Waals surface area contributed by atoms with E-state index in [4.69, 9.17) is 22.1 Å². The molecule has 3 N–H and O–H groups in total. The van der Waals surface area contributed by atoms with Crippen molar-refractivity contribution >= 4 is 35.2 Å². The summed E-state index contributed by atoms with van der Waals surface area (Å²) in [5, 5.41) is 2.25. The molecular formula is C16H12ClN3O5. The summed E-state index contributed by atoms with van der Waals surface area (Å²) in [5.74, 6) is -2.22. The lowest BCUT2D eigenvalue weighted by atomic mass is 10.1. The van der Waals surface area contributed by atoms with Crippen molar-refractivity contribution in [1.82, 2.24) is 9.88 Å². The molecule has 0 saturated carbocycles. The second-order valence-electron chi connectivity index (χ2n) is 5.19. The smallest absolute Gasteiger partial charge is 0.338 e. The Balaban J connectivity index is 2.23. The van der Waals surface area contributed by atoms with E-state index in [9.17, 15) is 19.2 Å². The summed E-state index contributed by atoms with van der Waals surface area (Å²) in [6, 6.07) is 5.16. The molecule has 3 rings (SSSR count). The van der Waals surface area contributed by atoms with Gasteiger partial charge in [-0.25, -0.2) is 4.79 Å². The number of nitrogen functional groups attached to an aromatic ring is 1. The number of pyridine rings is 1. The number of carbonyl (C=O) groups excluding carboxylic acids is 3. The average molecular weight is 362 g/mol. The Labute approximate surface area is 146 Å². The van der Waals surface area contributed by atoms with Gasteiger partial charge in [-0.05, 0) is 25.1 Å². The number of carbonyl (C=O) groups is 3. The number of benzene rings is 1. The number of nitrogens with two attached hydrogens (primary N) is 1. The topological polar surface area (TPSA) is 120 Å². The van der Waals surface area contributed by atoms with Crippen LogP contribution in [-0.2, 0) is 4.74 Å². The molecule has 1 aliphatic rings. The Morgan fingerprint density at radius 2 is 1.92 bits per heavy atom. The number of amides is 2. The van der Waals surface area contributed by atoms with Crippen LogP contribution in [0.25, 0.3) is 5.69 Å². The predicted octanol–water partition coefficient (Wildman–Crippen LogP) is 1.13. The molecule has 0 radical (unpaired) electrons. The van der Waals surface area contributed by atoms with Gasteiger partial charge in [-0.1, -0.05) is 11.6 Å². The first-order valence-corrected chi connectivity index (χ1v) is 7.60. The van der Waals surface area contributed by atoms with Gasteiger partial charge in [0.25, 0.3) is 17.4 Å². The summed E-state index contributed by atoms with van der Waals surface area (Å²) in [6.45, 7) is 1.83. The zero-order valence-corrected chi connectivity index (χ0v) is 13.7. The van der Waals surface area contributed by atoms with Crippen LogP contribution >= 0.6 is 11.6 Å². The summed E-state index contributed by atoms with van der Waals surface area (Å²) in [7, 11) is 0. The van der Waals surface area contributed by atoms with E-state index >= 15 is 0 Å². The lowest BCUT2D eigenvalue weighted by molar-refractivity contribution is 0.0526. The average Bonchev–Trinajstić information content (AvgIpc) is 2.81. The molecule has 2 heterocycles. The van der Waals surface area contributed by atoms with Crippen molar-refractivity contribution in [2.45, 2.75) is 6.92 Å². The molecule has 25 heavy (non-hydrogen) atoms. The highest BCUT2D eigenvalue weighted by Gasteiger charge is 2.32. The van der Waals surface area contributed by atoms with E-state index in [-0.39, 0.29) is 39.8 Å². The van der Waals surface area contributed by atoms with Gasteiger partial charge in [0, 0.05) is 11.1 Å². The van der Waals surface area contributed by atoms with E-state index in [0.717, 1.165) is 10.6 Å². The fourth-order valence-corrected chi connectivity index (χ4v) is 2.81. The summed E-state index contributed by atoms with van der Waals surface area (Å²) >= 11 is 6.02. The van der Waals surface area contributed by atoms with Gasteiger partial charge in [-0.15, -0.1) is 0 Å². The quantitative estimate of drug-likeness (QED) is 0.624. The van der Waals surface area contributed by atoms with Crippen LogP contribution in [0.4, 0.5) is 5.82 Å². The molecule has 0 atom stereocenters. The number of hydrogen-bond donors (Lipinski definition) is 2. The fourth-order valence-electron chi connectivity index (χ4n) is 2.58. The number of fused-ring (bicyclic) bond motifs is 1. The normalized spacial score (nSPS) is 12.7. The molecule has 1 aromatic heterocycles. The van der Waals surface area contributed by atoms with Crippen molar-refractivity contribution in [3.05, 3.63) is 56.3 Å². The number of ether oxygens (including phenoxy) is 1. The molecule has 128 valence electrons. The summed E-state index contributed by atoms with van der Waals surface area (Å²) < 4.78 is 5.92. The van der Waals surface area contributed by atoms with Crippen LogP contribution < -0.4 is 16.6 Å². The number of nitrogens with zero attached hydrogens (tertiary/aromatic N) is 1. The van der Waals surface area contributed by atoms with E-state index in [2.05, 4.69) is 5.32 Å². The molecule has 0 aliphatic carbocycles. The van der Waals surface area contributed by atoms with E-state index in [0.29, 0.717) is 0 Å². The number of anilines is 1. The number of aromatic nitrogens is 1. The lowest BCUT2D eigenvalue weighted by Crippen LogP contribution is -2.24. The number of rotatable bonds is 3. The highest BCUT2D eigenvalue weighted by atomic mass is 35.5. The van der Waals surface area contributed by atoms with Crippen LogP contribution in [0, 0.1) is 0 Å². The zero-order valence-electron chi connectivity index (χ0n) is 13.0. The van der Waals surface area contributed by atoms with Gasteiger partial charge in [-0.2, -0.15) is 0 Å². The Morgan fingerprint density at radius 1 is 1.20 bits per heavy atom. The predicted molar refractivity (Wildman–Crippen MR) is 89.2 cm³/mol. The summed E-state index contributed by atoms with van der Waals surface area (Å²) in [4.78, 5) is 47.9. The van der Waals surface area contributed by atoms with Crippen molar-refractivity contribution < 1.29 is 19.1 Å². The highest BCUT2D eigenvalue weighted by molar-refractivity contribution is 6.31. The Kier molecular flexibility index (Phi) is 4.05. The molecule has 0 saturated heterocycles. The summed E-state index contributed by atoms with van der Waals surface area (Å²) in [5.41, 5.74) is 5.42. The number of esters is 1. The van der Waals surface area contributed by atoms with E-state index < -0.39 is 23.3 Å². The van der Waals surface area contributed by atoms with Crippen LogP contribution in [0.5, 0.6) is 0 Å². The Morgan fingerprint density at radius 3 is 2.60 bits per heavy atom. The monoisotopic (exact) mass is 361 g/mol. The summed E-state index contributed by atoms with van der Waals surface area (Å²) in [6.07, 6.45) is 0. The third-order valence-corrected chi connectivity index (χ3v) is 3.82. The molecule has 0 bridgehead atoms. The first-order valence-electron chi connectivity index (χ1n) is 7.22. The van der Waals surface area contributed by atoms with Crippen LogP contribution in [0.2, 0.25) is 5.02 Å².